The van der Waals surface area contributed by atoms with E-state index in [0.717, 1.165) is 17.2 Å². The van der Waals surface area contributed by atoms with Gasteiger partial charge in [-0.05, 0) is 51.7 Å². The van der Waals surface area contributed by atoms with Crippen LogP contribution in [0.25, 0.3) is 0 Å². The molecule has 31 heavy (non-hydrogen) atoms. The first-order valence-corrected chi connectivity index (χ1v) is 10.2. The lowest BCUT2D eigenvalue weighted by Crippen LogP contribution is -2.22. The van der Waals surface area contributed by atoms with E-state index in [4.69, 9.17) is 4.74 Å². The second kappa shape index (κ2) is 8.76. The minimum absolute atomic E-state index is 0.00152. The van der Waals surface area contributed by atoms with Crippen molar-refractivity contribution in [1.82, 2.24) is 0 Å². The van der Waals surface area contributed by atoms with Crippen LogP contribution in [0, 0.1) is 5.92 Å². The van der Waals surface area contributed by atoms with Crippen molar-refractivity contribution < 1.29 is 30.0 Å². The van der Waals surface area contributed by atoms with Crippen molar-refractivity contribution >= 4 is 5.78 Å². The number of benzene rings is 2. The summed E-state index contributed by atoms with van der Waals surface area (Å²) >= 11 is 0. The quantitative estimate of drug-likeness (QED) is 0.468. The van der Waals surface area contributed by atoms with E-state index in [9.17, 15) is 25.2 Å². The Morgan fingerprint density at radius 3 is 2.35 bits per heavy atom. The van der Waals surface area contributed by atoms with Crippen molar-refractivity contribution in [2.45, 2.75) is 46.1 Å². The maximum Gasteiger partial charge on any atom is 0.174 e. The summed E-state index contributed by atoms with van der Waals surface area (Å²) in [6, 6.07) is 5.44. The molecule has 2 aromatic rings. The van der Waals surface area contributed by atoms with Crippen LogP contribution in [0.5, 0.6) is 28.7 Å². The van der Waals surface area contributed by atoms with E-state index >= 15 is 0 Å². The molecule has 6 heteroatoms. The van der Waals surface area contributed by atoms with E-state index < -0.39 is 11.9 Å². The Kier molecular flexibility index (Phi) is 6.29. The highest BCUT2D eigenvalue weighted by atomic mass is 16.5. The van der Waals surface area contributed by atoms with Crippen LogP contribution in [0.4, 0.5) is 0 Å². The van der Waals surface area contributed by atoms with Crippen LogP contribution in [-0.2, 0) is 6.42 Å². The molecule has 0 aliphatic carbocycles. The van der Waals surface area contributed by atoms with Gasteiger partial charge in [0.05, 0.1) is 12.0 Å². The lowest BCUT2D eigenvalue weighted by atomic mass is 9.86. The van der Waals surface area contributed by atoms with Crippen LogP contribution in [-0.4, -0.2) is 26.2 Å². The van der Waals surface area contributed by atoms with E-state index in [1.165, 1.54) is 18.2 Å². The van der Waals surface area contributed by atoms with Crippen LogP contribution in [0.1, 0.15) is 61.2 Å². The predicted octanol–water partition coefficient (Wildman–Crippen LogP) is 5.31. The van der Waals surface area contributed by atoms with E-state index in [0.29, 0.717) is 18.4 Å². The zero-order valence-electron chi connectivity index (χ0n) is 18.0. The highest BCUT2D eigenvalue weighted by molar-refractivity contribution is 6.03. The minimum atomic E-state index is -0.956. The molecule has 0 bridgehead atoms. The molecule has 6 nitrogen and oxygen atoms in total. The number of aromatic hydroxyl groups is 4. The van der Waals surface area contributed by atoms with E-state index in [2.05, 4.69) is 12.7 Å². The molecule has 4 N–H and O–H groups in total. The molecule has 0 saturated carbocycles. The summed E-state index contributed by atoms with van der Waals surface area (Å²) in [7, 11) is 0. The number of phenolic OH excluding ortho intramolecular Hbond substituents is 4. The van der Waals surface area contributed by atoms with Crippen LogP contribution in [0.15, 0.2) is 48.1 Å². The van der Waals surface area contributed by atoms with E-state index in [1.807, 2.05) is 20.8 Å². The number of ketones is 1. The Labute approximate surface area is 181 Å². The lowest BCUT2D eigenvalue weighted by molar-refractivity contribution is 0.0836. The molecule has 3 rings (SSSR count). The predicted molar refractivity (Wildman–Crippen MR) is 118 cm³/mol. The standard InChI is InChI=1S/C25H28O6/c1-13(2)8-9-15(14(3)4)10-16-19(28)11-20(29)24-21(30)12-22(31-25(16)24)23-17(26)6-5-7-18(23)27/h5-8,11,15,22,26-29H,3,9-10,12H2,1-2,4H3/t15-,22-/m0/s1. The monoisotopic (exact) mass is 424 g/mol. The van der Waals surface area contributed by atoms with Gasteiger partial charge in [0.1, 0.15) is 40.4 Å². The fraction of sp³-hybridized carbons (Fsp3) is 0.320. The zero-order chi connectivity index (χ0) is 22.9. The Balaban J connectivity index is 2.08. The average Bonchev–Trinajstić information content (AvgIpc) is 2.66. The van der Waals surface area contributed by atoms with Crippen LogP contribution < -0.4 is 4.74 Å². The van der Waals surface area contributed by atoms with Gasteiger partial charge in [0.15, 0.2) is 5.78 Å². The summed E-state index contributed by atoms with van der Waals surface area (Å²) < 4.78 is 6.04. The lowest BCUT2D eigenvalue weighted by Gasteiger charge is -2.30. The van der Waals surface area contributed by atoms with Crippen molar-refractivity contribution in [2.24, 2.45) is 5.92 Å². The van der Waals surface area contributed by atoms with Gasteiger partial charge in [-0.25, -0.2) is 0 Å². The number of carbonyl (C=O) groups is 1. The first kappa shape index (κ1) is 22.3. The number of carbonyl (C=O) groups excluding carboxylic acids is 1. The maximum absolute atomic E-state index is 12.9. The number of hydrogen-bond acceptors (Lipinski definition) is 6. The molecular formula is C25H28O6. The van der Waals surface area contributed by atoms with Gasteiger partial charge in [-0.2, -0.15) is 0 Å². The van der Waals surface area contributed by atoms with Crippen molar-refractivity contribution in [2.75, 3.05) is 0 Å². The minimum Gasteiger partial charge on any atom is -0.507 e. The number of allylic oxidation sites excluding steroid dienone is 3. The van der Waals surface area contributed by atoms with Crippen molar-refractivity contribution in [3.63, 3.8) is 0 Å². The molecule has 2 atom stereocenters. The van der Waals surface area contributed by atoms with Crippen molar-refractivity contribution in [3.05, 3.63) is 64.8 Å². The molecule has 1 heterocycles. The first-order chi connectivity index (χ1) is 14.6. The molecule has 0 amide bonds. The van der Waals surface area contributed by atoms with Gasteiger partial charge in [0.2, 0.25) is 0 Å². The molecule has 1 aliphatic rings. The normalized spacial score (nSPS) is 16.2. The summed E-state index contributed by atoms with van der Waals surface area (Å²) in [5.41, 5.74) is 2.55. The topological polar surface area (TPSA) is 107 Å². The van der Waals surface area contributed by atoms with Gasteiger partial charge in [-0.1, -0.05) is 29.9 Å². The Hall–Kier alpha value is -3.41. The molecule has 0 saturated heterocycles. The second-order valence-corrected chi connectivity index (χ2v) is 8.31. The number of fused-ring (bicyclic) bond motifs is 1. The molecule has 2 aromatic carbocycles. The SMILES string of the molecule is C=C(C)[C@@H](CC=C(C)C)Cc1c(O)cc(O)c2c1O[C@H](c1c(O)cccc1O)CC2=O. The van der Waals surface area contributed by atoms with Gasteiger partial charge in [0.25, 0.3) is 0 Å². The highest BCUT2D eigenvalue weighted by Gasteiger charge is 2.36. The average molecular weight is 424 g/mol. The summed E-state index contributed by atoms with van der Waals surface area (Å²) in [5, 5.41) is 41.4. The molecule has 0 spiro atoms. The number of phenols is 4. The molecule has 0 radical (unpaired) electrons. The molecular weight excluding hydrogens is 396 g/mol. The number of hydrogen-bond donors (Lipinski definition) is 4. The van der Waals surface area contributed by atoms with Crippen LogP contribution >= 0.6 is 0 Å². The van der Waals surface area contributed by atoms with Crippen LogP contribution in [0.3, 0.4) is 0 Å². The molecule has 0 unspecified atom stereocenters. The van der Waals surface area contributed by atoms with Gasteiger partial charge in [-0.3, -0.25) is 4.79 Å². The Bertz CT molecular complexity index is 1040. The fourth-order valence-electron chi connectivity index (χ4n) is 3.84. The van der Waals surface area contributed by atoms with E-state index in [-0.39, 0.29) is 52.2 Å². The van der Waals surface area contributed by atoms with Crippen LogP contribution in [0.2, 0.25) is 0 Å². The summed E-state index contributed by atoms with van der Waals surface area (Å²) in [6.07, 6.45) is 2.00. The van der Waals surface area contributed by atoms with Gasteiger partial charge >= 0.3 is 0 Å². The zero-order valence-corrected chi connectivity index (χ0v) is 18.0. The first-order valence-electron chi connectivity index (χ1n) is 10.2. The van der Waals surface area contributed by atoms with Gasteiger partial charge < -0.3 is 25.2 Å². The second-order valence-electron chi connectivity index (χ2n) is 8.31. The third-order valence-corrected chi connectivity index (χ3v) is 5.59. The smallest absolute Gasteiger partial charge is 0.174 e. The number of rotatable bonds is 6. The van der Waals surface area contributed by atoms with Gasteiger partial charge in [0, 0.05) is 11.6 Å². The fourth-order valence-corrected chi connectivity index (χ4v) is 3.84. The molecule has 1 aliphatic heterocycles. The largest absolute Gasteiger partial charge is 0.507 e. The number of Topliss-reactive ketones (excluding diaryl/α,β-unsaturated/α-hetero) is 1. The van der Waals surface area contributed by atoms with Crippen molar-refractivity contribution in [1.29, 1.82) is 0 Å². The Morgan fingerprint density at radius 1 is 1.13 bits per heavy atom. The van der Waals surface area contributed by atoms with Crippen molar-refractivity contribution in [3.8, 4) is 28.7 Å². The summed E-state index contributed by atoms with van der Waals surface area (Å²) in [6.45, 7) is 9.96. The highest BCUT2D eigenvalue weighted by Crippen LogP contribution is 2.48. The third-order valence-electron chi connectivity index (χ3n) is 5.59. The molecule has 0 aromatic heterocycles. The number of ether oxygens (including phenoxy) is 1. The van der Waals surface area contributed by atoms with Gasteiger partial charge in [-0.15, -0.1) is 0 Å². The maximum atomic E-state index is 12.9. The Morgan fingerprint density at radius 2 is 1.77 bits per heavy atom. The summed E-state index contributed by atoms with van der Waals surface area (Å²) in [4.78, 5) is 12.9. The molecule has 0 fully saturated rings. The van der Waals surface area contributed by atoms with E-state index in [1.54, 1.807) is 0 Å². The third kappa shape index (κ3) is 4.53. The molecule has 164 valence electrons. The summed E-state index contributed by atoms with van der Waals surface area (Å²) in [5.74, 6) is -1.29.